The third-order valence-electron chi connectivity index (χ3n) is 7.22. The minimum atomic E-state index is -0.117. The summed E-state index contributed by atoms with van der Waals surface area (Å²) in [6.45, 7) is 7.69. The van der Waals surface area contributed by atoms with E-state index in [0.29, 0.717) is 23.7 Å². The number of piperidine rings is 1. The lowest BCUT2D eigenvalue weighted by Crippen LogP contribution is -2.34. The number of pyridine rings is 1. The number of benzene rings is 2. The number of aromatic nitrogens is 3. The van der Waals surface area contributed by atoms with Crippen LogP contribution in [0.3, 0.4) is 0 Å². The molecule has 1 fully saturated rings. The molecular formula is C31H33N5O. The van der Waals surface area contributed by atoms with Crippen molar-refractivity contribution in [3.63, 3.8) is 0 Å². The van der Waals surface area contributed by atoms with Crippen molar-refractivity contribution in [3.8, 4) is 11.3 Å². The molecule has 0 radical (unpaired) electrons. The maximum Gasteiger partial charge on any atom is 0.255 e. The second kappa shape index (κ2) is 11.4. The van der Waals surface area contributed by atoms with Crippen molar-refractivity contribution in [2.45, 2.75) is 39.0 Å². The first kappa shape index (κ1) is 24.8. The van der Waals surface area contributed by atoms with Gasteiger partial charge in [0.15, 0.2) is 0 Å². The molecule has 1 amide bonds. The fourth-order valence-electron chi connectivity index (χ4n) is 4.99. The highest BCUT2D eigenvalue weighted by Crippen LogP contribution is 2.28. The maximum absolute atomic E-state index is 13.1. The summed E-state index contributed by atoms with van der Waals surface area (Å²) in [4.78, 5) is 29.0. The van der Waals surface area contributed by atoms with Gasteiger partial charge in [0.2, 0.25) is 0 Å². The van der Waals surface area contributed by atoms with Crippen LogP contribution in [0.4, 0.5) is 5.69 Å². The van der Waals surface area contributed by atoms with Gasteiger partial charge in [-0.05, 0) is 97.9 Å². The molecule has 6 heteroatoms. The zero-order valence-electron chi connectivity index (χ0n) is 21.5. The number of hydrogen-bond donors (Lipinski definition) is 1. The van der Waals surface area contributed by atoms with Gasteiger partial charge in [0.05, 0.1) is 5.69 Å². The molecule has 1 atom stereocenters. The Balaban J connectivity index is 1.27. The van der Waals surface area contributed by atoms with Crippen molar-refractivity contribution >= 4 is 11.6 Å². The van der Waals surface area contributed by atoms with Gasteiger partial charge in [-0.15, -0.1) is 0 Å². The van der Waals surface area contributed by atoms with Crippen molar-refractivity contribution in [1.29, 1.82) is 0 Å². The number of carbonyl (C=O) groups is 1. The van der Waals surface area contributed by atoms with Crippen molar-refractivity contribution in [3.05, 3.63) is 107 Å². The maximum atomic E-state index is 13.1. The highest BCUT2D eigenvalue weighted by atomic mass is 16.1. The standard InChI is InChI=1S/C31H33N5O/c1-3-36-17-5-7-26(21-36)23-10-12-28(13-11-23)34-31(37)24-9-8-22(2)27(18-24)19-30-33-16-14-29(35-30)25-6-4-15-32-20-25/h4,6,8-16,18,20,26H,3,5,7,17,19,21H2,1-2H3,(H,34,37). The Morgan fingerprint density at radius 3 is 2.73 bits per heavy atom. The van der Waals surface area contributed by atoms with Crippen LogP contribution in [0.1, 0.15) is 58.6 Å². The number of nitrogens with zero attached hydrogens (tertiary/aromatic N) is 4. The van der Waals surface area contributed by atoms with Crippen LogP contribution in [0.2, 0.25) is 0 Å². The highest BCUT2D eigenvalue weighted by molar-refractivity contribution is 6.04. The number of nitrogens with one attached hydrogen (secondary N) is 1. The number of hydrogen-bond acceptors (Lipinski definition) is 5. The Kier molecular flexibility index (Phi) is 7.66. The van der Waals surface area contributed by atoms with E-state index in [4.69, 9.17) is 4.98 Å². The van der Waals surface area contributed by atoms with E-state index in [1.54, 1.807) is 18.6 Å². The van der Waals surface area contributed by atoms with E-state index >= 15 is 0 Å². The molecule has 0 saturated carbocycles. The summed E-state index contributed by atoms with van der Waals surface area (Å²) in [6, 6.07) is 19.9. The van der Waals surface area contributed by atoms with Crippen molar-refractivity contribution < 1.29 is 4.79 Å². The molecule has 1 saturated heterocycles. The van der Waals surface area contributed by atoms with E-state index in [0.717, 1.165) is 41.2 Å². The number of amides is 1. The van der Waals surface area contributed by atoms with Crippen LogP contribution >= 0.6 is 0 Å². The summed E-state index contributed by atoms with van der Waals surface area (Å²) in [7, 11) is 0. The van der Waals surface area contributed by atoms with E-state index < -0.39 is 0 Å². The van der Waals surface area contributed by atoms with Gasteiger partial charge in [-0.3, -0.25) is 9.78 Å². The molecule has 1 aliphatic heterocycles. The second-order valence-electron chi connectivity index (χ2n) is 9.73. The molecule has 1 aliphatic rings. The first-order valence-corrected chi connectivity index (χ1v) is 13.0. The van der Waals surface area contributed by atoms with Crippen LogP contribution in [0.15, 0.2) is 79.3 Å². The minimum Gasteiger partial charge on any atom is -0.322 e. The average molecular weight is 492 g/mol. The molecule has 2 aromatic carbocycles. The summed E-state index contributed by atoms with van der Waals surface area (Å²) >= 11 is 0. The van der Waals surface area contributed by atoms with Gasteiger partial charge in [0, 0.05) is 48.4 Å². The van der Waals surface area contributed by atoms with Crippen LogP contribution < -0.4 is 5.32 Å². The van der Waals surface area contributed by atoms with Crippen LogP contribution in [0, 0.1) is 6.92 Å². The Labute approximate surface area is 218 Å². The summed E-state index contributed by atoms with van der Waals surface area (Å²) in [5.41, 5.74) is 6.71. The van der Waals surface area contributed by atoms with E-state index in [1.807, 2.05) is 55.5 Å². The molecule has 0 bridgehead atoms. The quantitative estimate of drug-likeness (QED) is 0.349. The van der Waals surface area contributed by atoms with Crippen LogP contribution in [-0.4, -0.2) is 45.4 Å². The average Bonchev–Trinajstić information content (AvgIpc) is 2.95. The van der Waals surface area contributed by atoms with E-state index in [-0.39, 0.29) is 5.91 Å². The van der Waals surface area contributed by atoms with Crippen molar-refractivity contribution in [2.24, 2.45) is 0 Å². The molecule has 5 rings (SSSR count). The molecule has 188 valence electrons. The predicted octanol–water partition coefficient (Wildman–Crippen LogP) is 5.89. The number of likely N-dealkylation sites (N-methyl/N-ethyl adjacent to an activating group) is 1. The third-order valence-corrected chi connectivity index (χ3v) is 7.22. The zero-order chi connectivity index (χ0) is 25.6. The van der Waals surface area contributed by atoms with E-state index in [2.05, 4.69) is 39.2 Å². The Bertz CT molecular complexity index is 1350. The smallest absolute Gasteiger partial charge is 0.255 e. The zero-order valence-corrected chi connectivity index (χ0v) is 21.5. The number of carbonyl (C=O) groups excluding carboxylic acids is 1. The van der Waals surface area contributed by atoms with Crippen molar-refractivity contribution in [2.75, 3.05) is 25.0 Å². The molecular weight excluding hydrogens is 458 g/mol. The van der Waals surface area contributed by atoms with Gasteiger partial charge >= 0.3 is 0 Å². The Morgan fingerprint density at radius 2 is 1.95 bits per heavy atom. The van der Waals surface area contributed by atoms with Gasteiger partial charge in [-0.1, -0.05) is 25.1 Å². The van der Waals surface area contributed by atoms with Crippen LogP contribution in [0.5, 0.6) is 0 Å². The molecule has 2 aromatic heterocycles. The van der Waals surface area contributed by atoms with Gasteiger partial charge in [-0.2, -0.15) is 0 Å². The van der Waals surface area contributed by atoms with Gasteiger partial charge in [-0.25, -0.2) is 9.97 Å². The predicted molar refractivity (Wildman–Crippen MR) is 148 cm³/mol. The van der Waals surface area contributed by atoms with E-state index in [9.17, 15) is 4.79 Å². The Hall–Kier alpha value is -3.90. The fraction of sp³-hybridized carbons (Fsp3) is 0.290. The molecule has 0 spiro atoms. The lowest BCUT2D eigenvalue weighted by Gasteiger charge is -2.32. The highest BCUT2D eigenvalue weighted by Gasteiger charge is 2.20. The van der Waals surface area contributed by atoms with Gasteiger partial charge in [0.1, 0.15) is 5.82 Å². The SMILES string of the molecule is CCN1CCCC(c2ccc(NC(=O)c3ccc(C)c(Cc4nccc(-c5cccnc5)n4)c3)cc2)C1. The summed E-state index contributed by atoms with van der Waals surface area (Å²) in [5.74, 6) is 1.16. The number of rotatable bonds is 7. The largest absolute Gasteiger partial charge is 0.322 e. The molecule has 4 aromatic rings. The number of anilines is 1. The molecule has 3 heterocycles. The van der Waals surface area contributed by atoms with Crippen molar-refractivity contribution in [1.82, 2.24) is 19.9 Å². The molecule has 37 heavy (non-hydrogen) atoms. The minimum absolute atomic E-state index is 0.117. The normalized spacial score (nSPS) is 15.9. The topological polar surface area (TPSA) is 71.0 Å². The first-order valence-electron chi connectivity index (χ1n) is 13.0. The molecule has 1 unspecified atom stereocenters. The van der Waals surface area contributed by atoms with Gasteiger partial charge in [0.25, 0.3) is 5.91 Å². The molecule has 6 nitrogen and oxygen atoms in total. The second-order valence-corrected chi connectivity index (χ2v) is 9.73. The molecule has 1 N–H and O–H groups in total. The van der Waals surface area contributed by atoms with E-state index in [1.165, 1.54) is 24.9 Å². The third kappa shape index (κ3) is 6.09. The lowest BCUT2D eigenvalue weighted by atomic mass is 9.90. The molecule has 0 aliphatic carbocycles. The number of aryl methyl sites for hydroxylation is 1. The lowest BCUT2D eigenvalue weighted by molar-refractivity contribution is 0.102. The summed E-state index contributed by atoms with van der Waals surface area (Å²) in [6.07, 6.45) is 8.33. The number of likely N-dealkylation sites (tertiary alicyclic amines) is 1. The first-order chi connectivity index (χ1) is 18.1. The Morgan fingerprint density at radius 1 is 1.08 bits per heavy atom. The summed E-state index contributed by atoms with van der Waals surface area (Å²) in [5, 5.41) is 3.06. The summed E-state index contributed by atoms with van der Waals surface area (Å²) < 4.78 is 0. The van der Waals surface area contributed by atoms with Crippen LogP contribution in [-0.2, 0) is 6.42 Å². The fourth-order valence-corrected chi connectivity index (χ4v) is 4.99. The monoisotopic (exact) mass is 491 g/mol. The van der Waals surface area contributed by atoms with Crippen LogP contribution in [0.25, 0.3) is 11.3 Å². The van der Waals surface area contributed by atoms with Gasteiger partial charge < -0.3 is 10.2 Å².